The van der Waals surface area contributed by atoms with Gasteiger partial charge in [-0.05, 0) is 67.5 Å². The Kier molecular flexibility index (Phi) is 5.25. The van der Waals surface area contributed by atoms with Crippen molar-refractivity contribution in [2.75, 3.05) is 6.61 Å². The van der Waals surface area contributed by atoms with Gasteiger partial charge in [0.25, 0.3) is 10.0 Å². The van der Waals surface area contributed by atoms with E-state index in [1.807, 2.05) is 6.92 Å². The molecule has 1 aliphatic carbocycles. The smallest absolute Gasteiger partial charge is 0.264 e. The predicted octanol–water partition coefficient (Wildman–Crippen LogP) is 4.41. The molecule has 0 radical (unpaired) electrons. The first-order chi connectivity index (χ1) is 13.4. The van der Waals surface area contributed by atoms with Crippen molar-refractivity contribution in [1.82, 2.24) is 4.31 Å². The third-order valence-corrected chi connectivity index (χ3v) is 7.22. The summed E-state index contributed by atoms with van der Waals surface area (Å²) in [7, 11) is -3.73. The monoisotopic (exact) mass is 401 g/mol. The van der Waals surface area contributed by atoms with E-state index in [0.29, 0.717) is 5.92 Å². The van der Waals surface area contributed by atoms with E-state index < -0.39 is 10.0 Å². The van der Waals surface area contributed by atoms with Gasteiger partial charge in [-0.2, -0.15) is 0 Å². The van der Waals surface area contributed by atoms with Crippen LogP contribution < -0.4 is 0 Å². The molecule has 6 heteroatoms. The van der Waals surface area contributed by atoms with E-state index in [1.54, 1.807) is 42.6 Å². The number of aryl methyl sites for hydroxylation is 1. The van der Waals surface area contributed by atoms with Crippen molar-refractivity contribution in [2.45, 2.75) is 43.7 Å². The standard InChI is InChI=1S/C22H24FNO3S/c1-16-4-10-21(11-5-16)28(25,26)24(14-17-6-8-20(23)9-7-17)15-19-13-18-3-2-12-27-22(18)19/h4-11,15,18,22H,2-3,12-14H2,1H3/b19-15-/t18-,22-/m0/s1. The molecule has 0 bridgehead atoms. The van der Waals surface area contributed by atoms with Gasteiger partial charge in [-0.1, -0.05) is 29.8 Å². The minimum Gasteiger partial charge on any atom is -0.374 e. The largest absolute Gasteiger partial charge is 0.374 e. The van der Waals surface area contributed by atoms with Crippen LogP contribution in [0, 0.1) is 18.7 Å². The van der Waals surface area contributed by atoms with Crippen LogP contribution in [0.3, 0.4) is 0 Å². The van der Waals surface area contributed by atoms with Gasteiger partial charge in [0.2, 0.25) is 0 Å². The Bertz CT molecular complexity index is 968. The SMILES string of the molecule is Cc1ccc(S(=O)(=O)N(/C=C2/C[C@@H]3CCCO[C@H]23)Cc2ccc(F)cc2)cc1. The Balaban J connectivity index is 1.66. The van der Waals surface area contributed by atoms with Gasteiger partial charge >= 0.3 is 0 Å². The lowest BCUT2D eigenvalue weighted by Gasteiger charge is -2.43. The molecule has 4 rings (SSSR count). The molecular formula is C22H24FNO3S. The molecule has 28 heavy (non-hydrogen) atoms. The van der Waals surface area contributed by atoms with Crippen LogP contribution in [0.15, 0.2) is 65.2 Å². The fourth-order valence-electron chi connectivity index (χ4n) is 3.85. The van der Waals surface area contributed by atoms with Crippen LogP contribution in [0.1, 0.15) is 30.4 Å². The second-order valence-electron chi connectivity index (χ2n) is 7.59. The van der Waals surface area contributed by atoms with E-state index >= 15 is 0 Å². The van der Waals surface area contributed by atoms with Crippen molar-refractivity contribution in [3.05, 3.63) is 77.2 Å². The molecular weight excluding hydrogens is 377 g/mol. The number of benzene rings is 2. The first-order valence-electron chi connectivity index (χ1n) is 9.58. The van der Waals surface area contributed by atoms with E-state index in [1.165, 1.54) is 16.4 Å². The Morgan fingerprint density at radius 3 is 2.54 bits per heavy atom. The topological polar surface area (TPSA) is 46.6 Å². The second-order valence-corrected chi connectivity index (χ2v) is 9.48. The second kappa shape index (κ2) is 7.68. The Hall–Kier alpha value is -2.18. The number of nitrogens with zero attached hydrogens (tertiary/aromatic N) is 1. The fourth-order valence-corrected chi connectivity index (χ4v) is 5.19. The summed E-state index contributed by atoms with van der Waals surface area (Å²) in [6, 6.07) is 12.8. The summed E-state index contributed by atoms with van der Waals surface area (Å²) in [4.78, 5) is 0.248. The van der Waals surface area contributed by atoms with Crippen LogP contribution in [0.4, 0.5) is 4.39 Å². The van der Waals surface area contributed by atoms with Crippen molar-refractivity contribution < 1.29 is 17.5 Å². The minimum atomic E-state index is -3.73. The van der Waals surface area contributed by atoms with E-state index in [-0.39, 0.29) is 23.4 Å². The molecule has 0 aromatic heterocycles. The number of ether oxygens (including phenoxy) is 1. The summed E-state index contributed by atoms with van der Waals surface area (Å²) in [5.41, 5.74) is 2.75. The number of fused-ring (bicyclic) bond motifs is 1. The third-order valence-electron chi connectivity index (χ3n) is 5.50. The maximum atomic E-state index is 13.3. The Morgan fingerprint density at radius 2 is 1.86 bits per heavy atom. The van der Waals surface area contributed by atoms with E-state index in [9.17, 15) is 12.8 Å². The summed E-state index contributed by atoms with van der Waals surface area (Å²) in [5, 5.41) is 0. The van der Waals surface area contributed by atoms with Gasteiger partial charge < -0.3 is 4.74 Å². The molecule has 2 aliphatic rings. The van der Waals surface area contributed by atoms with Gasteiger partial charge in [-0.15, -0.1) is 0 Å². The van der Waals surface area contributed by atoms with Crippen LogP contribution in [-0.2, 0) is 21.3 Å². The molecule has 4 nitrogen and oxygen atoms in total. The van der Waals surface area contributed by atoms with Gasteiger partial charge in [0, 0.05) is 12.8 Å². The van der Waals surface area contributed by atoms with Gasteiger partial charge in [0.05, 0.1) is 17.5 Å². The molecule has 2 atom stereocenters. The van der Waals surface area contributed by atoms with E-state index in [4.69, 9.17) is 4.74 Å². The summed E-state index contributed by atoms with van der Waals surface area (Å²) >= 11 is 0. The maximum Gasteiger partial charge on any atom is 0.264 e. The van der Waals surface area contributed by atoms with Crippen molar-refractivity contribution in [3.63, 3.8) is 0 Å². The van der Waals surface area contributed by atoms with Gasteiger partial charge in [0.15, 0.2) is 0 Å². The highest BCUT2D eigenvalue weighted by Crippen LogP contribution is 2.42. The van der Waals surface area contributed by atoms with E-state index in [0.717, 1.165) is 42.6 Å². The molecule has 0 amide bonds. The molecule has 2 fully saturated rings. The quantitative estimate of drug-likeness (QED) is 0.746. The first-order valence-corrected chi connectivity index (χ1v) is 11.0. The number of hydrogen-bond donors (Lipinski definition) is 0. The molecule has 148 valence electrons. The number of hydrogen-bond acceptors (Lipinski definition) is 3. The summed E-state index contributed by atoms with van der Waals surface area (Å²) in [5.74, 6) is 0.155. The van der Waals surface area contributed by atoms with Crippen molar-refractivity contribution in [3.8, 4) is 0 Å². The lowest BCUT2D eigenvalue weighted by Crippen LogP contribution is -2.42. The summed E-state index contributed by atoms with van der Waals surface area (Å²) in [6.45, 7) is 2.79. The normalized spacial score (nSPS) is 23.1. The maximum absolute atomic E-state index is 13.3. The fraction of sp³-hybridized carbons (Fsp3) is 0.364. The molecule has 2 aromatic rings. The van der Waals surface area contributed by atoms with Crippen molar-refractivity contribution in [2.24, 2.45) is 5.92 Å². The van der Waals surface area contributed by atoms with Crippen LogP contribution >= 0.6 is 0 Å². The highest BCUT2D eigenvalue weighted by molar-refractivity contribution is 7.89. The molecule has 1 saturated heterocycles. The van der Waals surface area contributed by atoms with Crippen LogP contribution in [0.25, 0.3) is 0 Å². The zero-order valence-corrected chi connectivity index (χ0v) is 16.7. The number of rotatable bonds is 5. The highest BCUT2D eigenvalue weighted by Gasteiger charge is 2.39. The molecule has 2 aromatic carbocycles. The van der Waals surface area contributed by atoms with Crippen LogP contribution in [0.2, 0.25) is 0 Å². The Labute approximate surface area is 165 Å². The molecule has 0 unspecified atom stereocenters. The number of sulfonamides is 1. The van der Waals surface area contributed by atoms with Crippen molar-refractivity contribution in [1.29, 1.82) is 0 Å². The molecule has 0 spiro atoms. The van der Waals surface area contributed by atoms with Gasteiger partial charge in [0.1, 0.15) is 5.82 Å². The molecule has 1 aliphatic heterocycles. The summed E-state index contributed by atoms with van der Waals surface area (Å²) < 4.78 is 47.1. The average Bonchev–Trinajstić information content (AvgIpc) is 2.67. The van der Waals surface area contributed by atoms with Gasteiger partial charge in [-0.25, -0.2) is 12.8 Å². The van der Waals surface area contributed by atoms with Crippen molar-refractivity contribution >= 4 is 10.0 Å². The first kappa shape index (κ1) is 19.2. The molecule has 1 saturated carbocycles. The summed E-state index contributed by atoms with van der Waals surface area (Å²) in [6.07, 6.45) is 4.82. The third kappa shape index (κ3) is 3.84. The van der Waals surface area contributed by atoms with Crippen LogP contribution in [-0.4, -0.2) is 25.4 Å². The van der Waals surface area contributed by atoms with Crippen LogP contribution in [0.5, 0.6) is 0 Å². The lowest BCUT2D eigenvalue weighted by molar-refractivity contribution is -0.0407. The number of halogens is 1. The lowest BCUT2D eigenvalue weighted by atomic mass is 9.73. The Morgan fingerprint density at radius 1 is 1.14 bits per heavy atom. The molecule has 1 heterocycles. The molecule has 0 N–H and O–H groups in total. The highest BCUT2D eigenvalue weighted by atomic mass is 32.2. The van der Waals surface area contributed by atoms with Gasteiger partial charge in [-0.3, -0.25) is 4.31 Å². The minimum absolute atomic E-state index is 0.0256. The predicted molar refractivity (Wildman–Crippen MR) is 105 cm³/mol. The average molecular weight is 402 g/mol. The zero-order valence-electron chi connectivity index (χ0n) is 15.8. The zero-order chi connectivity index (χ0) is 19.7. The van der Waals surface area contributed by atoms with E-state index in [2.05, 4.69) is 0 Å².